The Morgan fingerprint density at radius 1 is 1.00 bits per heavy atom. The molecule has 0 fully saturated rings. The first-order valence-corrected chi connectivity index (χ1v) is 7.94. The van der Waals surface area contributed by atoms with Crippen LogP contribution >= 0.6 is 0 Å². The second-order valence-corrected chi connectivity index (χ2v) is 6.05. The van der Waals surface area contributed by atoms with Gasteiger partial charge in [0.15, 0.2) is 0 Å². The molecule has 23 heavy (non-hydrogen) atoms. The number of fused-ring (bicyclic) bond motifs is 1. The Kier molecular flexibility index (Phi) is 3.30. The molecule has 4 rings (SSSR count). The van der Waals surface area contributed by atoms with E-state index in [2.05, 4.69) is 41.3 Å². The highest BCUT2D eigenvalue weighted by atomic mass is 15.3. The van der Waals surface area contributed by atoms with Gasteiger partial charge in [-0.2, -0.15) is 5.10 Å². The van der Waals surface area contributed by atoms with Crippen molar-refractivity contribution >= 4 is 11.5 Å². The first-order valence-electron chi connectivity index (χ1n) is 7.94. The standard InChI is InChI=1S/C19H20N4/c1-22-12-11-15(16-9-5-6-10-18(16)22)17-13-21-23(19(17)20)14-7-3-2-4-8-14/h2-10,13,15H,11-12,20H2,1H3. The van der Waals surface area contributed by atoms with Gasteiger partial charge in [0.2, 0.25) is 0 Å². The summed E-state index contributed by atoms with van der Waals surface area (Å²) < 4.78 is 1.83. The number of anilines is 2. The number of hydrogen-bond donors (Lipinski definition) is 1. The van der Waals surface area contributed by atoms with Gasteiger partial charge in [-0.1, -0.05) is 36.4 Å². The minimum absolute atomic E-state index is 0.305. The number of nitrogens with zero attached hydrogens (tertiary/aromatic N) is 3. The third-order valence-electron chi connectivity index (χ3n) is 4.69. The van der Waals surface area contributed by atoms with Crippen LogP contribution < -0.4 is 10.6 Å². The molecule has 1 aliphatic heterocycles. The van der Waals surface area contributed by atoms with Gasteiger partial charge in [-0.15, -0.1) is 0 Å². The predicted octanol–water partition coefficient (Wildman–Crippen LogP) is 3.43. The van der Waals surface area contributed by atoms with Gasteiger partial charge in [0, 0.05) is 30.8 Å². The largest absolute Gasteiger partial charge is 0.383 e. The molecule has 2 N–H and O–H groups in total. The molecule has 0 saturated heterocycles. The first kappa shape index (κ1) is 13.9. The van der Waals surface area contributed by atoms with Crippen molar-refractivity contribution in [3.63, 3.8) is 0 Å². The highest BCUT2D eigenvalue weighted by Crippen LogP contribution is 2.40. The number of rotatable bonds is 2. The summed E-state index contributed by atoms with van der Waals surface area (Å²) in [6.07, 6.45) is 2.98. The molecule has 2 aromatic carbocycles. The van der Waals surface area contributed by atoms with Gasteiger partial charge in [-0.3, -0.25) is 0 Å². The minimum atomic E-state index is 0.305. The Bertz CT molecular complexity index is 822. The summed E-state index contributed by atoms with van der Waals surface area (Å²) >= 11 is 0. The van der Waals surface area contributed by atoms with Gasteiger partial charge in [0.25, 0.3) is 0 Å². The van der Waals surface area contributed by atoms with Crippen molar-refractivity contribution < 1.29 is 0 Å². The molecule has 0 radical (unpaired) electrons. The zero-order valence-corrected chi connectivity index (χ0v) is 13.2. The maximum atomic E-state index is 6.44. The normalized spacial score (nSPS) is 17.1. The summed E-state index contributed by atoms with van der Waals surface area (Å²) in [5.41, 5.74) is 11.2. The van der Waals surface area contributed by atoms with Crippen LogP contribution in [0.2, 0.25) is 0 Å². The highest BCUT2D eigenvalue weighted by molar-refractivity contribution is 5.61. The van der Waals surface area contributed by atoms with Gasteiger partial charge in [-0.25, -0.2) is 4.68 Å². The summed E-state index contributed by atoms with van der Waals surface area (Å²) in [6.45, 7) is 1.03. The molecular formula is C19H20N4. The predicted molar refractivity (Wildman–Crippen MR) is 94.1 cm³/mol. The second kappa shape index (κ2) is 5.47. The van der Waals surface area contributed by atoms with Crippen LogP contribution in [-0.4, -0.2) is 23.4 Å². The fourth-order valence-corrected chi connectivity index (χ4v) is 3.47. The third-order valence-corrected chi connectivity index (χ3v) is 4.69. The molecule has 1 unspecified atom stereocenters. The number of benzene rings is 2. The molecule has 116 valence electrons. The van der Waals surface area contributed by atoms with Crippen molar-refractivity contribution in [1.82, 2.24) is 9.78 Å². The van der Waals surface area contributed by atoms with E-state index in [1.54, 1.807) is 0 Å². The average Bonchev–Trinajstić information content (AvgIpc) is 2.98. The summed E-state index contributed by atoms with van der Waals surface area (Å²) in [4.78, 5) is 2.31. The summed E-state index contributed by atoms with van der Waals surface area (Å²) in [7, 11) is 2.14. The molecule has 4 heteroatoms. The molecule has 0 amide bonds. The lowest BCUT2D eigenvalue weighted by molar-refractivity contribution is 0.667. The molecule has 2 heterocycles. The maximum Gasteiger partial charge on any atom is 0.131 e. The van der Waals surface area contributed by atoms with Crippen LogP contribution in [0.15, 0.2) is 60.8 Å². The summed E-state index contributed by atoms with van der Waals surface area (Å²) in [6, 6.07) is 18.6. The van der Waals surface area contributed by atoms with E-state index in [1.165, 1.54) is 11.3 Å². The smallest absolute Gasteiger partial charge is 0.131 e. The fraction of sp³-hybridized carbons (Fsp3) is 0.211. The van der Waals surface area contributed by atoms with Crippen molar-refractivity contribution in [1.29, 1.82) is 0 Å². The zero-order chi connectivity index (χ0) is 15.8. The van der Waals surface area contributed by atoms with E-state index < -0.39 is 0 Å². The minimum Gasteiger partial charge on any atom is -0.383 e. The van der Waals surface area contributed by atoms with Crippen molar-refractivity contribution in [2.45, 2.75) is 12.3 Å². The van der Waals surface area contributed by atoms with Crippen LogP contribution in [0.1, 0.15) is 23.5 Å². The maximum absolute atomic E-state index is 6.44. The molecule has 0 bridgehead atoms. The van der Waals surface area contributed by atoms with E-state index >= 15 is 0 Å². The lowest BCUT2D eigenvalue weighted by Gasteiger charge is -2.33. The van der Waals surface area contributed by atoms with Crippen molar-refractivity contribution in [2.24, 2.45) is 0 Å². The van der Waals surface area contributed by atoms with Crippen LogP contribution in [0.5, 0.6) is 0 Å². The van der Waals surface area contributed by atoms with Crippen molar-refractivity contribution in [3.05, 3.63) is 71.9 Å². The van der Waals surface area contributed by atoms with Crippen LogP contribution in [0, 0.1) is 0 Å². The SMILES string of the molecule is CN1CCC(c2cnn(-c3ccccc3)c2N)c2ccccc21. The number of para-hydroxylation sites is 2. The average molecular weight is 304 g/mol. The van der Waals surface area contributed by atoms with Crippen molar-refractivity contribution in [3.8, 4) is 5.69 Å². The Morgan fingerprint density at radius 2 is 1.74 bits per heavy atom. The monoisotopic (exact) mass is 304 g/mol. The molecule has 1 aromatic heterocycles. The number of nitrogens with two attached hydrogens (primary N) is 1. The molecule has 0 aliphatic carbocycles. The van der Waals surface area contributed by atoms with Gasteiger partial charge in [0.1, 0.15) is 5.82 Å². The molecule has 0 spiro atoms. The zero-order valence-electron chi connectivity index (χ0n) is 13.2. The molecular weight excluding hydrogens is 284 g/mol. The Hall–Kier alpha value is -2.75. The van der Waals surface area contributed by atoms with E-state index in [-0.39, 0.29) is 0 Å². The summed E-state index contributed by atoms with van der Waals surface area (Å²) in [5.74, 6) is 1.04. The van der Waals surface area contributed by atoms with Gasteiger partial charge in [-0.05, 0) is 30.2 Å². The lowest BCUT2D eigenvalue weighted by Crippen LogP contribution is -2.27. The van der Waals surface area contributed by atoms with Crippen LogP contribution in [0.4, 0.5) is 11.5 Å². The highest BCUT2D eigenvalue weighted by Gasteiger charge is 2.27. The van der Waals surface area contributed by atoms with Gasteiger partial charge in [0.05, 0.1) is 11.9 Å². The molecule has 0 saturated carbocycles. The Morgan fingerprint density at radius 3 is 2.57 bits per heavy atom. The van der Waals surface area contributed by atoms with Crippen molar-refractivity contribution in [2.75, 3.05) is 24.2 Å². The molecule has 4 nitrogen and oxygen atoms in total. The second-order valence-electron chi connectivity index (χ2n) is 6.05. The fourth-order valence-electron chi connectivity index (χ4n) is 3.47. The lowest BCUT2D eigenvalue weighted by atomic mass is 9.85. The van der Waals surface area contributed by atoms with Crippen LogP contribution in [0.3, 0.4) is 0 Å². The van der Waals surface area contributed by atoms with E-state index in [9.17, 15) is 0 Å². The van der Waals surface area contributed by atoms with E-state index in [1.807, 2.05) is 41.2 Å². The van der Waals surface area contributed by atoms with Gasteiger partial charge >= 0.3 is 0 Å². The summed E-state index contributed by atoms with van der Waals surface area (Å²) in [5, 5.41) is 4.53. The number of aromatic nitrogens is 2. The topological polar surface area (TPSA) is 47.1 Å². The van der Waals surface area contributed by atoms with E-state index in [0.29, 0.717) is 5.92 Å². The molecule has 3 aromatic rings. The quantitative estimate of drug-likeness (QED) is 0.789. The Balaban J connectivity index is 1.78. The van der Waals surface area contributed by atoms with Crippen LogP contribution in [-0.2, 0) is 0 Å². The number of hydrogen-bond acceptors (Lipinski definition) is 3. The molecule has 1 aliphatic rings. The number of nitrogen functional groups attached to an aromatic ring is 1. The van der Waals surface area contributed by atoms with E-state index in [0.717, 1.165) is 30.0 Å². The molecule has 1 atom stereocenters. The Labute approximate surface area is 136 Å². The van der Waals surface area contributed by atoms with E-state index in [4.69, 9.17) is 5.73 Å². The van der Waals surface area contributed by atoms with Crippen LogP contribution in [0.25, 0.3) is 5.69 Å². The third kappa shape index (κ3) is 2.27. The first-order chi connectivity index (χ1) is 11.3. The van der Waals surface area contributed by atoms with Gasteiger partial charge < -0.3 is 10.6 Å².